The van der Waals surface area contributed by atoms with E-state index in [1.54, 1.807) is 6.07 Å². The zero-order chi connectivity index (χ0) is 20.4. The fraction of sp³-hybridized carbons (Fsp3) is 0.222. The van der Waals surface area contributed by atoms with Crippen LogP contribution in [0, 0.1) is 13.8 Å². The summed E-state index contributed by atoms with van der Waals surface area (Å²) < 4.78 is 28.4. The van der Waals surface area contributed by atoms with Crippen LogP contribution in [0.15, 0.2) is 45.8 Å². The zero-order valence-electron chi connectivity index (χ0n) is 14.9. The van der Waals surface area contributed by atoms with Gasteiger partial charge in [-0.25, -0.2) is 18.4 Å². The van der Waals surface area contributed by atoms with Gasteiger partial charge in [0.2, 0.25) is 10.0 Å². The highest BCUT2D eigenvalue weighted by molar-refractivity contribution is 9.10. The fourth-order valence-electron chi connectivity index (χ4n) is 2.30. The highest BCUT2D eigenvalue weighted by atomic mass is 79.9. The average Bonchev–Trinajstić information content (AvgIpc) is 2.56. The van der Waals surface area contributed by atoms with Crippen LogP contribution in [0.1, 0.15) is 28.4 Å². The Hall–Kier alpha value is -2.23. The summed E-state index contributed by atoms with van der Waals surface area (Å²) in [6.07, 6.45) is -1.09. The summed E-state index contributed by atoms with van der Waals surface area (Å²) in [7, 11) is -3.98. The predicted octanol–water partition coefficient (Wildman–Crippen LogP) is 2.90. The Morgan fingerprint density at radius 3 is 2.41 bits per heavy atom. The second-order valence-electron chi connectivity index (χ2n) is 6.04. The molecule has 0 aliphatic heterocycles. The number of ether oxygens (including phenoxy) is 1. The number of anilines is 1. The van der Waals surface area contributed by atoms with Gasteiger partial charge >= 0.3 is 5.97 Å². The lowest BCUT2D eigenvalue weighted by atomic mass is 10.1. The lowest BCUT2D eigenvalue weighted by molar-refractivity contribution is -0.123. The van der Waals surface area contributed by atoms with Crippen LogP contribution in [0.5, 0.6) is 0 Å². The summed E-state index contributed by atoms with van der Waals surface area (Å²) >= 11 is 3.16. The molecule has 0 aliphatic carbocycles. The summed E-state index contributed by atoms with van der Waals surface area (Å²) in [6.45, 7) is 5.22. The van der Waals surface area contributed by atoms with Gasteiger partial charge in [-0.3, -0.25) is 4.79 Å². The first kappa shape index (κ1) is 21.1. The lowest BCUT2D eigenvalue weighted by Crippen LogP contribution is -2.30. The van der Waals surface area contributed by atoms with E-state index < -0.39 is 28.0 Å². The summed E-state index contributed by atoms with van der Waals surface area (Å²) in [4.78, 5) is 24.4. The molecule has 0 aromatic heterocycles. The van der Waals surface area contributed by atoms with Crippen molar-refractivity contribution in [2.45, 2.75) is 31.8 Å². The normalized spacial score (nSPS) is 12.3. The molecule has 2 aromatic rings. The first-order chi connectivity index (χ1) is 12.5. The zero-order valence-corrected chi connectivity index (χ0v) is 17.3. The molecule has 0 aliphatic rings. The molecule has 0 fully saturated rings. The van der Waals surface area contributed by atoms with Gasteiger partial charge in [0, 0.05) is 10.2 Å². The first-order valence-electron chi connectivity index (χ1n) is 7.90. The van der Waals surface area contributed by atoms with Gasteiger partial charge in [0.1, 0.15) is 0 Å². The van der Waals surface area contributed by atoms with Crippen LogP contribution in [0.4, 0.5) is 5.69 Å². The summed E-state index contributed by atoms with van der Waals surface area (Å²) in [5.41, 5.74) is 2.51. The van der Waals surface area contributed by atoms with E-state index in [0.29, 0.717) is 10.2 Å². The number of hydrogen-bond donors (Lipinski definition) is 2. The maximum atomic E-state index is 12.4. The molecule has 0 bridgehead atoms. The van der Waals surface area contributed by atoms with Crippen molar-refractivity contribution >= 4 is 43.5 Å². The number of benzene rings is 2. The largest absolute Gasteiger partial charge is 0.449 e. The molecule has 0 heterocycles. The molecule has 27 heavy (non-hydrogen) atoms. The summed E-state index contributed by atoms with van der Waals surface area (Å²) in [5, 5.41) is 7.78. The first-order valence-corrected chi connectivity index (χ1v) is 10.2. The number of amides is 1. The van der Waals surface area contributed by atoms with Crippen LogP contribution in [-0.2, 0) is 19.6 Å². The quantitative estimate of drug-likeness (QED) is 0.673. The van der Waals surface area contributed by atoms with Crippen molar-refractivity contribution < 1.29 is 22.7 Å². The number of rotatable bonds is 5. The maximum absolute atomic E-state index is 12.4. The van der Waals surface area contributed by atoms with Crippen LogP contribution in [0.2, 0.25) is 0 Å². The summed E-state index contributed by atoms with van der Waals surface area (Å²) in [5.74, 6) is -1.36. The van der Waals surface area contributed by atoms with Crippen molar-refractivity contribution in [3.05, 3.63) is 57.6 Å². The Morgan fingerprint density at radius 1 is 1.15 bits per heavy atom. The standard InChI is InChI=1S/C18H19BrN2O5S/c1-10-4-7-16(11(2)8-10)21-17(22)12(3)26-18(23)14-9-13(27(20,24)25)5-6-15(14)19/h4-9,12H,1-3H3,(H,21,22)(H2,20,24,25). The molecule has 144 valence electrons. The second-order valence-corrected chi connectivity index (χ2v) is 8.46. The fourth-order valence-corrected chi connectivity index (χ4v) is 3.25. The molecule has 9 heteroatoms. The van der Waals surface area contributed by atoms with Crippen LogP contribution >= 0.6 is 15.9 Å². The molecule has 0 saturated heterocycles. The third-order valence-corrected chi connectivity index (χ3v) is 5.38. The van der Waals surface area contributed by atoms with Crippen molar-refractivity contribution in [3.8, 4) is 0 Å². The number of carbonyl (C=O) groups excluding carboxylic acids is 2. The monoisotopic (exact) mass is 454 g/mol. The number of halogens is 1. The van der Waals surface area contributed by atoms with E-state index in [-0.39, 0.29) is 10.5 Å². The van der Waals surface area contributed by atoms with Crippen LogP contribution in [0.25, 0.3) is 0 Å². The van der Waals surface area contributed by atoms with E-state index >= 15 is 0 Å². The maximum Gasteiger partial charge on any atom is 0.340 e. The van der Waals surface area contributed by atoms with Crippen molar-refractivity contribution in [2.75, 3.05) is 5.32 Å². The molecular weight excluding hydrogens is 436 g/mol. The number of nitrogens with two attached hydrogens (primary N) is 1. The number of sulfonamides is 1. The van der Waals surface area contributed by atoms with Gasteiger partial charge in [-0.05, 0) is 66.5 Å². The topological polar surface area (TPSA) is 116 Å². The second kappa shape index (κ2) is 8.20. The summed E-state index contributed by atoms with van der Waals surface area (Å²) in [6, 6.07) is 9.26. The van der Waals surface area contributed by atoms with Crippen molar-refractivity contribution in [2.24, 2.45) is 5.14 Å². The number of hydrogen-bond acceptors (Lipinski definition) is 5. The molecule has 2 rings (SSSR count). The number of nitrogens with one attached hydrogen (secondary N) is 1. The van der Waals surface area contributed by atoms with E-state index in [2.05, 4.69) is 21.2 Å². The SMILES string of the molecule is Cc1ccc(NC(=O)C(C)OC(=O)c2cc(S(N)(=O)=O)ccc2Br)c(C)c1. The minimum atomic E-state index is -3.98. The Labute approximate surface area is 166 Å². The van der Waals surface area contributed by atoms with E-state index in [1.165, 1.54) is 19.1 Å². The molecular formula is C18H19BrN2O5S. The molecule has 7 nitrogen and oxygen atoms in total. The average molecular weight is 455 g/mol. The van der Waals surface area contributed by atoms with Crippen LogP contribution in [0.3, 0.4) is 0 Å². The highest BCUT2D eigenvalue weighted by Crippen LogP contribution is 2.22. The van der Waals surface area contributed by atoms with E-state index in [1.807, 2.05) is 26.0 Å². The third kappa shape index (κ3) is 5.38. The van der Waals surface area contributed by atoms with E-state index in [4.69, 9.17) is 9.88 Å². The molecule has 3 N–H and O–H groups in total. The molecule has 0 saturated carbocycles. The van der Waals surface area contributed by atoms with Crippen LogP contribution < -0.4 is 10.5 Å². The molecule has 1 amide bonds. The van der Waals surface area contributed by atoms with Gasteiger partial charge in [0.05, 0.1) is 10.5 Å². The Balaban J connectivity index is 2.14. The molecule has 1 unspecified atom stereocenters. The van der Waals surface area contributed by atoms with Crippen molar-refractivity contribution in [3.63, 3.8) is 0 Å². The van der Waals surface area contributed by atoms with Crippen molar-refractivity contribution in [1.82, 2.24) is 0 Å². The van der Waals surface area contributed by atoms with Gasteiger partial charge in [0.25, 0.3) is 5.91 Å². The minimum Gasteiger partial charge on any atom is -0.449 e. The molecule has 2 aromatic carbocycles. The Bertz CT molecular complexity index is 1000. The number of carbonyl (C=O) groups is 2. The van der Waals surface area contributed by atoms with Gasteiger partial charge in [0.15, 0.2) is 6.10 Å². The molecule has 1 atom stereocenters. The minimum absolute atomic E-state index is 0.0484. The van der Waals surface area contributed by atoms with Gasteiger partial charge in [-0.15, -0.1) is 0 Å². The van der Waals surface area contributed by atoms with Gasteiger partial charge in [-0.1, -0.05) is 17.7 Å². The van der Waals surface area contributed by atoms with Gasteiger partial charge < -0.3 is 10.1 Å². The smallest absolute Gasteiger partial charge is 0.340 e. The number of esters is 1. The Kier molecular flexibility index (Phi) is 6.40. The van der Waals surface area contributed by atoms with Gasteiger partial charge in [-0.2, -0.15) is 0 Å². The number of aryl methyl sites for hydroxylation is 2. The van der Waals surface area contributed by atoms with Crippen LogP contribution in [-0.4, -0.2) is 26.4 Å². The predicted molar refractivity (Wildman–Crippen MR) is 105 cm³/mol. The van der Waals surface area contributed by atoms with E-state index in [9.17, 15) is 18.0 Å². The lowest BCUT2D eigenvalue weighted by Gasteiger charge is -2.15. The molecule has 0 spiro atoms. The van der Waals surface area contributed by atoms with E-state index in [0.717, 1.165) is 17.2 Å². The third-order valence-electron chi connectivity index (χ3n) is 3.78. The van der Waals surface area contributed by atoms with Crippen molar-refractivity contribution in [1.29, 1.82) is 0 Å². The molecule has 0 radical (unpaired) electrons. The Morgan fingerprint density at radius 2 is 1.81 bits per heavy atom. The number of primary sulfonamides is 1. The highest BCUT2D eigenvalue weighted by Gasteiger charge is 2.22.